The van der Waals surface area contributed by atoms with Gasteiger partial charge in [-0.25, -0.2) is 4.98 Å². The van der Waals surface area contributed by atoms with Crippen molar-refractivity contribution in [3.05, 3.63) is 70.9 Å². The highest BCUT2D eigenvalue weighted by Gasteiger charge is 2.09. The monoisotopic (exact) mass is 347 g/mol. The van der Waals surface area contributed by atoms with Crippen LogP contribution in [-0.4, -0.2) is 15.9 Å². The number of amides is 1. The van der Waals surface area contributed by atoms with Crippen LogP contribution < -0.4 is 16.4 Å². The zero-order valence-electron chi connectivity index (χ0n) is 15.0. The van der Waals surface area contributed by atoms with Gasteiger partial charge in [0.1, 0.15) is 5.82 Å². The molecule has 26 heavy (non-hydrogen) atoms. The van der Waals surface area contributed by atoms with E-state index in [1.54, 1.807) is 18.3 Å². The van der Waals surface area contributed by atoms with Gasteiger partial charge >= 0.3 is 0 Å². The molecule has 3 aromatic rings. The van der Waals surface area contributed by atoms with Gasteiger partial charge in [0.05, 0.1) is 0 Å². The molecule has 0 aliphatic rings. The van der Waals surface area contributed by atoms with Crippen molar-refractivity contribution in [2.45, 2.75) is 20.8 Å². The average Bonchev–Trinajstić information content (AvgIpc) is 2.61. The number of carbonyl (C=O) groups is 1. The molecule has 1 amide bonds. The highest BCUT2D eigenvalue weighted by Crippen LogP contribution is 2.24. The van der Waals surface area contributed by atoms with Crippen LogP contribution in [0.3, 0.4) is 0 Å². The second kappa shape index (κ2) is 7.23. The number of rotatable bonds is 5. The van der Waals surface area contributed by atoms with Crippen LogP contribution in [0.25, 0.3) is 0 Å². The van der Waals surface area contributed by atoms with Crippen molar-refractivity contribution >= 4 is 29.0 Å². The van der Waals surface area contributed by atoms with Crippen molar-refractivity contribution in [1.82, 2.24) is 9.97 Å². The Labute approximate surface area is 152 Å². The number of carbonyl (C=O) groups excluding carboxylic acids is 1. The molecule has 6 heteroatoms. The lowest BCUT2D eigenvalue weighted by molar-refractivity contribution is 0.100. The van der Waals surface area contributed by atoms with E-state index in [4.69, 9.17) is 5.73 Å². The first-order chi connectivity index (χ1) is 12.4. The summed E-state index contributed by atoms with van der Waals surface area (Å²) in [5.41, 5.74) is 10.6. The van der Waals surface area contributed by atoms with Gasteiger partial charge in [0.15, 0.2) is 0 Å². The number of nitrogens with one attached hydrogen (secondary N) is 2. The molecule has 6 nitrogen and oxygen atoms in total. The summed E-state index contributed by atoms with van der Waals surface area (Å²) >= 11 is 0. The van der Waals surface area contributed by atoms with Gasteiger partial charge in [-0.15, -0.1) is 0 Å². The normalized spacial score (nSPS) is 10.4. The van der Waals surface area contributed by atoms with Crippen LogP contribution in [0.4, 0.5) is 23.1 Å². The predicted molar refractivity (Wildman–Crippen MR) is 104 cm³/mol. The third kappa shape index (κ3) is 3.80. The summed E-state index contributed by atoms with van der Waals surface area (Å²) in [4.78, 5) is 20.3. The van der Waals surface area contributed by atoms with E-state index in [1.165, 1.54) is 0 Å². The maximum absolute atomic E-state index is 11.4. The van der Waals surface area contributed by atoms with Gasteiger partial charge in [0, 0.05) is 28.7 Å². The molecule has 3 rings (SSSR count). The molecule has 132 valence electrons. The SMILES string of the molecule is Cc1ccc(C(N)=O)cc1Nc1ncc(C)c(Nc2ccccc2C)n1. The summed E-state index contributed by atoms with van der Waals surface area (Å²) in [6.45, 7) is 5.92. The second-order valence-electron chi connectivity index (χ2n) is 6.18. The van der Waals surface area contributed by atoms with E-state index in [9.17, 15) is 4.79 Å². The molecule has 0 saturated heterocycles. The molecule has 0 bridgehead atoms. The summed E-state index contributed by atoms with van der Waals surface area (Å²) in [6.07, 6.45) is 1.75. The first-order valence-corrected chi connectivity index (χ1v) is 8.28. The number of aryl methyl sites for hydroxylation is 3. The van der Waals surface area contributed by atoms with Crippen LogP contribution in [0, 0.1) is 20.8 Å². The summed E-state index contributed by atoms with van der Waals surface area (Å²) in [7, 11) is 0. The van der Waals surface area contributed by atoms with Crippen molar-refractivity contribution < 1.29 is 4.79 Å². The fourth-order valence-electron chi connectivity index (χ4n) is 2.50. The van der Waals surface area contributed by atoms with E-state index in [2.05, 4.69) is 20.6 Å². The van der Waals surface area contributed by atoms with Gasteiger partial charge in [-0.05, 0) is 50.1 Å². The Morgan fingerprint density at radius 3 is 2.38 bits per heavy atom. The molecular formula is C20H21N5O. The van der Waals surface area contributed by atoms with Crippen molar-refractivity contribution in [1.29, 1.82) is 0 Å². The third-order valence-electron chi connectivity index (χ3n) is 4.14. The van der Waals surface area contributed by atoms with Crippen LogP contribution in [-0.2, 0) is 0 Å². The van der Waals surface area contributed by atoms with Crippen molar-refractivity contribution in [2.75, 3.05) is 10.6 Å². The van der Waals surface area contributed by atoms with E-state index < -0.39 is 5.91 Å². The molecule has 0 fully saturated rings. The Morgan fingerprint density at radius 1 is 0.923 bits per heavy atom. The Hall–Kier alpha value is -3.41. The number of nitrogens with two attached hydrogens (primary N) is 1. The maximum atomic E-state index is 11.4. The van der Waals surface area contributed by atoms with E-state index in [-0.39, 0.29) is 0 Å². The maximum Gasteiger partial charge on any atom is 0.248 e. The van der Waals surface area contributed by atoms with Crippen LogP contribution >= 0.6 is 0 Å². The van der Waals surface area contributed by atoms with Crippen LogP contribution in [0.5, 0.6) is 0 Å². The van der Waals surface area contributed by atoms with Crippen LogP contribution in [0.1, 0.15) is 27.0 Å². The number of para-hydroxylation sites is 1. The van der Waals surface area contributed by atoms with Crippen molar-refractivity contribution in [3.63, 3.8) is 0 Å². The first-order valence-electron chi connectivity index (χ1n) is 8.28. The molecule has 0 unspecified atom stereocenters. The number of aromatic nitrogens is 2. The molecule has 0 spiro atoms. The topological polar surface area (TPSA) is 92.9 Å². The van der Waals surface area contributed by atoms with E-state index in [0.29, 0.717) is 11.5 Å². The largest absolute Gasteiger partial charge is 0.366 e. The highest BCUT2D eigenvalue weighted by molar-refractivity contribution is 5.94. The molecule has 0 radical (unpaired) electrons. The fourth-order valence-corrected chi connectivity index (χ4v) is 2.50. The number of nitrogens with zero attached hydrogens (tertiary/aromatic N) is 2. The van der Waals surface area contributed by atoms with E-state index in [1.807, 2.05) is 51.1 Å². The number of primary amides is 1. The predicted octanol–water partition coefficient (Wildman–Crippen LogP) is 3.99. The lowest BCUT2D eigenvalue weighted by atomic mass is 10.1. The Kier molecular flexibility index (Phi) is 4.84. The summed E-state index contributed by atoms with van der Waals surface area (Å²) < 4.78 is 0. The second-order valence-corrected chi connectivity index (χ2v) is 6.18. The van der Waals surface area contributed by atoms with Crippen LogP contribution in [0.2, 0.25) is 0 Å². The molecule has 1 heterocycles. The lowest BCUT2D eigenvalue weighted by Crippen LogP contribution is -2.11. The summed E-state index contributed by atoms with van der Waals surface area (Å²) in [5, 5.41) is 6.51. The Bertz CT molecular complexity index is 968. The van der Waals surface area contributed by atoms with Crippen molar-refractivity contribution in [3.8, 4) is 0 Å². The molecule has 0 saturated carbocycles. The highest BCUT2D eigenvalue weighted by atomic mass is 16.1. The first kappa shape index (κ1) is 17.4. The zero-order valence-corrected chi connectivity index (χ0v) is 15.0. The van der Waals surface area contributed by atoms with Crippen molar-refractivity contribution in [2.24, 2.45) is 5.73 Å². The minimum absolute atomic E-state index is 0.434. The zero-order chi connectivity index (χ0) is 18.7. The summed E-state index contributed by atoms with van der Waals surface area (Å²) in [5.74, 6) is 0.691. The smallest absolute Gasteiger partial charge is 0.248 e. The minimum Gasteiger partial charge on any atom is -0.366 e. The molecule has 0 atom stereocenters. The quantitative estimate of drug-likeness (QED) is 0.649. The molecular weight excluding hydrogens is 326 g/mol. The number of anilines is 4. The standard InChI is InChI=1S/C20H21N5O/c1-12-6-4-5-7-16(12)23-19-14(3)11-22-20(25-19)24-17-10-15(18(21)26)9-8-13(17)2/h4-11H,1-3H3,(H2,21,26)(H2,22,23,24,25). The van der Waals surface area contributed by atoms with Gasteiger partial charge in [-0.3, -0.25) is 4.79 Å². The Balaban J connectivity index is 1.90. The number of hydrogen-bond acceptors (Lipinski definition) is 5. The van der Waals surface area contributed by atoms with Gasteiger partial charge in [0.25, 0.3) is 0 Å². The number of benzene rings is 2. The molecule has 1 aromatic heterocycles. The third-order valence-corrected chi connectivity index (χ3v) is 4.14. The van der Waals surface area contributed by atoms with Gasteiger partial charge < -0.3 is 16.4 Å². The molecule has 0 aliphatic heterocycles. The number of hydrogen-bond donors (Lipinski definition) is 3. The molecule has 4 N–H and O–H groups in total. The van der Waals surface area contributed by atoms with Gasteiger partial charge in [-0.1, -0.05) is 24.3 Å². The lowest BCUT2D eigenvalue weighted by Gasteiger charge is -2.13. The minimum atomic E-state index is -0.472. The van der Waals surface area contributed by atoms with Gasteiger partial charge in [-0.2, -0.15) is 4.98 Å². The average molecular weight is 347 g/mol. The van der Waals surface area contributed by atoms with E-state index >= 15 is 0 Å². The molecule has 0 aliphatic carbocycles. The van der Waals surface area contributed by atoms with Gasteiger partial charge in [0.2, 0.25) is 11.9 Å². The molecule has 2 aromatic carbocycles. The summed E-state index contributed by atoms with van der Waals surface area (Å²) in [6, 6.07) is 13.3. The Morgan fingerprint density at radius 2 is 1.65 bits per heavy atom. The fraction of sp³-hybridized carbons (Fsp3) is 0.150. The van der Waals surface area contributed by atoms with Crippen LogP contribution in [0.15, 0.2) is 48.7 Å². The van der Waals surface area contributed by atoms with E-state index in [0.717, 1.165) is 33.9 Å².